The minimum absolute atomic E-state index is 0.114. The molecule has 7 heteroatoms. The lowest BCUT2D eigenvalue weighted by atomic mass is 10.0. The Bertz CT molecular complexity index is 403. The summed E-state index contributed by atoms with van der Waals surface area (Å²) in [6.07, 6.45) is 0.443. The summed E-state index contributed by atoms with van der Waals surface area (Å²) in [4.78, 5) is 36.0. The molecule has 7 nitrogen and oxygen atoms in total. The van der Waals surface area contributed by atoms with Crippen LogP contribution in [0.2, 0.25) is 0 Å². The van der Waals surface area contributed by atoms with Crippen LogP contribution in [0.4, 0.5) is 4.79 Å². The Morgan fingerprint density at radius 1 is 1.30 bits per heavy atom. The van der Waals surface area contributed by atoms with Gasteiger partial charge in [-0.25, -0.2) is 4.79 Å². The molecule has 114 valence electrons. The van der Waals surface area contributed by atoms with Crippen LogP contribution in [0.1, 0.15) is 34.1 Å². The molecule has 3 amide bonds. The normalized spacial score (nSPS) is 22.5. The summed E-state index contributed by atoms with van der Waals surface area (Å²) in [5, 5.41) is 14.3. The van der Waals surface area contributed by atoms with E-state index < -0.39 is 17.9 Å². The van der Waals surface area contributed by atoms with Gasteiger partial charge >= 0.3 is 12.0 Å². The van der Waals surface area contributed by atoms with Crippen LogP contribution in [-0.2, 0) is 9.59 Å². The lowest BCUT2D eigenvalue weighted by Gasteiger charge is -2.24. The topological polar surface area (TPSA) is 98.7 Å². The van der Waals surface area contributed by atoms with Crippen LogP contribution in [0.15, 0.2) is 0 Å². The molecule has 2 unspecified atom stereocenters. The van der Waals surface area contributed by atoms with Gasteiger partial charge in [-0.3, -0.25) is 9.59 Å². The van der Waals surface area contributed by atoms with Gasteiger partial charge in [0.05, 0.1) is 12.5 Å². The van der Waals surface area contributed by atoms with Crippen molar-refractivity contribution in [3.63, 3.8) is 0 Å². The molecule has 1 rings (SSSR count). The molecule has 1 fully saturated rings. The molecule has 1 saturated heterocycles. The number of carboxylic acid groups (broad SMARTS) is 1. The highest BCUT2D eigenvalue weighted by Gasteiger charge is 2.38. The average Bonchev–Trinajstić information content (AvgIpc) is 2.65. The molecule has 0 aromatic heterocycles. The number of carbonyl (C=O) groups excluding carboxylic acids is 2. The number of urea groups is 1. The molecule has 0 radical (unpaired) electrons. The van der Waals surface area contributed by atoms with Gasteiger partial charge in [0.2, 0.25) is 5.91 Å². The van der Waals surface area contributed by atoms with E-state index in [-0.39, 0.29) is 24.0 Å². The molecule has 0 aliphatic carbocycles. The van der Waals surface area contributed by atoms with Crippen molar-refractivity contribution in [2.45, 2.75) is 45.7 Å². The van der Waals surface area contributed by atoms with E-state index >= 15 is 0 Å². The average molecular weight is 285 g/mol. The van der Waals surface area contributed by atoms with Crippen LogP contribution in [0.5, 0.6) is 0 Å². The number of carboxylic acids is 1. The van der Waals surface area contributed by atoms with Gasteiger partial charge in [0.15, 0.2) is 0 Å². The van der Waals surface area contributed by atoms with E-state index in [1.165, 1.54) is 4.90 Å². The fourth-order valence-electron chi connectivity index (χ4n) is 2.28. The molecule has 2 atom stereocenters. The summed E-state index contributed by atoms with van der Waals surface area (Å²) in [6, 6.07) is -0.761. The van der Waals surface area contributed by atoms with Gasteiger partial charge in [-0.15, -0.1) is 0 Å². The van der Waals surface area contributed by atoms with Gasteiger partial charge in [-0.1, -0.05) is 0 Å². The van der Waals surface area contributed by atoms with E-state index in [1.54, 1.807) is 6.92 Å². The molecule has 0 bridgehead atoms. The smallest absolute Gasteiger partial charge is 0.318 e. The fourth-order valence-corrected chi connectivity index (χ4v) is 2.28. The first-order valence-corrected chi connectivity index (χ1v) is 6.70. The predicted molar refractivity (Wildman–Crippen MR) is 73.2 cm³/mol. The molecular weight excluding hydrogens is 262 g/mol. The summed E-state index contributed by atoms with van der Waals surface area (Å²) < 4.78 is 0. The third-order valence-electron chi connectivity index (χ3n) is 3.25. The van der Waals surface area contributed by atoms with Gasteiger partial charge in [-0.2, -0.15) is 0 Å². The van der Waals surface area contributed by atoms with Gasteiger partial charge in [0, 0.05) is 18.1 Å². The maximum atomic E-state index is 11.9. The lowest BCUT2D eigenvalue weighted by molar-refractivity contribution is -0.142. The first-order valence-electron chi connectivity index (χ1n) is 6.70. The van der Waals surface area contributed by atoms with Crippen molar-refractivity contribution in [3.05, 3.63) is 0 Å². The molecular formula is C13H23N3O4. The minimum atomic E-state index is -0.890. The number of nitrogens with zero attached hydrogens (tertiary/aromatic N) is 1. The monoisotopic (exact) mass is 285 g/mol. The Morgan fingerprint density at radius 3 is 2.35 bits per heavy atom. The third-order valence-corrected chi connectivity index (χ3v) is 3.25. The number of nitrogens with one attached hydrogen (secondary N) is 2. The van der Waals surface area contributed by atoms with Gasteiger partial charge in [0.1, 0.15) is 0 Å². The molecule has 0 aromatic carbocycles. The molecule has 20 heavy (non-hydrogen) atoms. The minimum Gasteiger partial charge on any atom is -0.481 e. The van der Waals surface area contributed by atoms with E-state index in [4.69, 9.17) is 5.11 Å². The second-order valence-corrected chi connectivity index (χ2v) is 6.12. The lowest BCUT2D eigenvalue weighted by Crippen LogP contribution is -2.49. The zero-order valence-electron chi connectivity index (χ0n) is 12.4. The van der Waals surface area contributed by atoms with Crippen LogP contribution >= 0.6 is 0 Å². The Kier molecular flexibility index (Phi) is 4.97. The number of carbonyl (C=O) groups is 3. The first-order chi connectivity index (χ1) is 9.11. The number of hydrogen-bond donors (Lipinski definition) is 3. The van der Waals surface area contributed by atoms with Crippen molar-refractivity contribution in [3.8, 4) is 0 Å². The number of rotatable bonds is 3. The van der Waals surface area contributed by atoms with E-state index in [0.717, 1.165) is 0 Å². The number of likely N-dealkylation sites (tertiary alicyclic amines) is 1. The molecule has 0 saturated carbocycles. The van der Waals surface area contributed by atoms with Crippen molar-refractivity contribution < 1.29 is 19.5 Å². The quantitative estimate of drug-likeness (QED) is 0.699. The Labute approximate surface area is 118 Å². The summed E-state index contributed by atoms with van der Waals surface area (Å²) in [5.74, 6) is -1.70. The van der Waals surface area contributed by atoms with Crippen molar-refractivity contribution in [1.82, 2.24) is 15.5 Å². The number of amides is 3. The van der Waals surface area contributed by atoms with E-state index in [1.807, 2.05) is 20.8 Å². The van der Waals surface area contributed by atoms with Crippen LogP contribution in [0.3, 0.4) is 0 Å². The van der Waals surface area contributed by atoms with E-state index in [9.17, 15) is 14.4 Å². The van der Waals surface area contributed by atoms with Crippen LogP contribution < -0.4 is 10.6 Å². The highest BCUT2D eigenvalue weighted by molar-refractivity contribution is 5.85. The predicted octanol–water partition coefficient (Wildman–Crippen LogP) is 0.406. The third kappa shape index (κ3) is 4.40. The Balaban J connectivity index is 2.45. The van der Waals surface area contributed by atoms with Crippen molar-refractivity contribution >= 4 is 17.9 Å². The van der Waals surface area contributed by atoms with Gasteiger partial charge in [-0.05, 0) is 34.1 Å². The van der Waals surface area contributed by atoms with Crippen molar-refractivity contribution in [2.75, 3.05) is 13.1 Å². The maximum Gasteiger partial charge on any atom is 0.318 e. The standard InChI is InChI=1S/C13H23N3O4/c1-8-9(11(18)19)5-6-16(8)12(20)14-7-10(17)15-13(2,3)4/h8-9H,5-7H2,1-4H3,(H,14,20)(H,15,17)(H,18,19). The van der Waals surface area contributed by atoms with Crippen LogP contribution in [0.25, 0.3) is 0 Å². The zero-order valence-corrected chi connectivity index (χ0v) is 12.4. The Hall–Kier alpha value is -1.79. The number of aliphatic carboxylic acids is 1. The summed E-state index contributed by atoms with van der Waals surface area (Å²) >= 11 is 0. The largest absolute Gasteiger partial charge is 0.481 e. The first kappa shape index (κ1) is 16.3. The summed E-state index contributed by atoms with van der Waals surface area (Å²) in [5.41, 5.74) is -0.350. The maximum absolute atomic E-state index is 11.9. The Morgan fingerprint density at radius 2 is 1.90 bits per heavy atom. The SMILES string of the molecule is CC1C(C(=O)O)CCN1C(=O)NCC(=O)NC(C)(C)C. The summed E-state index contributed by atoms with van der Waals surface area (Å²) in [7, 11) is 0. The van der Waals surface area contributed by atoms with E-state index in [0.29, 0.717) is 13.0 Å². The fraction of sp³-hybridized carbons (Fsp3) is 0.769. The number of hydrogen-bond acceptors (Lipinski definition) is 3. The zero-order chi connectivity index (χ0) is 15.5. The molecule has 1 heterocycles. The second kappa shape index (κ2) is 6.11. The highest BCUT2D eigenvalue weighted by Crippen LogP contribution is 2.24. The molecule has 1 aliphatic rings. The molecule has 1 aliphatic heterocycles. The van der Waals surface area contributed by atoms with Crippen LogP contribution in [0, 0.1) is 5.92 Å². The van der Waals surface area contributed by atoms with Crippen molar-refractivity contribution in [1.29, 1.82) is 0 Å². The molecule has 3 N–H and O–H groups in total. The highest BCUT2D eigenvalue weighted by atomic mass is 16.4. The molecule has 0 aromatic rings. The van der Waals surface area contributed by atoms with Gasteiger partial charge < -0.3 is 20.6 Å². The van der Waals surface area contributed by atoms with E-state index in [2.05, 4.69) is 10.6 Å². The summed E-state index contributed by atoms with van der Waals surface area (Å²) in [6.45, 7) is 7.55. The van der Waals surface area contributed by atoms with Crippen LogP contribution in [-0.4, -0.2) is 52.6 Å². The van der Waals surface area contributed by atoms with Gasteiger partial charge in [0.25, 0.3) is 0 Å². The second-order valence-electron chi connectivity index (χ2n) is 6.12. The van der Waals surface area contributed by atoms with Crippen molar-refractivity contribution in [2.24, 2.45) is 5.92 Å². The molecule has 0 spiro atoms.